The normalized spacial score (nSPS) is 11.6. The lowest BCUT2D eigenvalue weighted by molar-refractivity contribution is 0.0527. The number of ether oxygens (including phenoxy) is 1. The topological polar surface area (TPSA) is 77.2 Å². The van der Waals surface area contributed by atoms with Crippen LogP contribution < -0.4 is 5.32 Å². The van der Waals surface area contributed by atoms with E-state index >= 15 is 0 Å². The van der Waals surface area contributed by atoms with E-state index in [0.29, 0.717) is 17.9 Å². The van der Waals surface area contributed by atoms with Crippen LogP contribution in [0.3, 0.4) is 0 Å². The highest BCUT2D eigenvalue weighted by atomic mass is 16.5. The Labute approximate surface area is 200 Å². The number of aryl methyl sites for hydroxylation is 3. The lowest BCUT2D eigenvalue weighted by Gasteiger charge is -2.24. The van der Waals surface area contributed by atoms with Crippen LogP contribution in [0.1, 0.15) is 60.6 Å². The fourth-order valence-electron chi connectivity index (χ4n) is 4.36. The van der Waals surface area contributed by atoms with Gasteiger partial charge in [0.1, 0.15) is 11.3 Å². The molecular weight excluding hydrogens is 426 g/mol. The Morgan fingerprint density at radius 3 is 2.50 bits per heavy atom. The Morgan fingerprint density at radius 1 is 1.12 bits per heavy atom. The molecule has 0 aliphatic heterocycles. The second-order valence-corrected chi connectivity index (χ2v) is 9.57. The molecule has 0 spiro atoms. The van der Waals surface area contributed by atoms with Gasteiger partial charge in [0.15, 0.2) is 0 Å². The van der Waals surface area contributed by atoms with Gasteiger partial charge < -0.3 is 14.6 Å². The molecule has 1 N–H and O–H groups in total. The molecule has 6 nitrogen and oxygen atoms in total. The fraction of sp³-hybridized carbons (Fsp3) is 0.321. The molecule has 0 amide bonds. The number of carbonyl (C=O) groups excluding carboxylic acids is 1. The molecule has 0 unspecified atom stereocenters. The molecule has 2 heterocycles. The van der Waals surface area contributed by atoms with Crippen LogP contribution in [0, 0.1) is 20.8 Å². The molecule has 34 heavy (non-hydrogen) atoms. The van der Waals surface area contributed by atoms with Crippen molar-refractivity contribution in [2.75, 3.05) is 11.9 Å². The van der Waals surface area contributed by atoms with Crippen molar-refractivity contribution in [2.24, 2.45) is 0 Å². The van der Waals surface area contributed by atoms with Gasteiger partial charge in [0.05, 0.1) is 23.5 Å². The minimum Gasteiger partial charge on any atom is -0.462 e. The zero-order valence-electron chi connectivity index (χ0n) is 20.9. The molecule has 0 radical (unpaired) electrons. The fourth-order valence-corrected chi connectivity index (χ4v) is 4.36. The van der Waals surface area contributed by atoms with E-state index in [1.54, 1.807) is 13.1 Å². The van der Waals surface area contributed by atoms with E-state index in [9.17, 15) is 4.79 Å². The summed E-state index contributed by atoms with van der Waals surface area (Å²) in [5.41, 5.74) is 7.74. The summed E-state index contributed by atoms with van der Waals surface area (Å²) >= 11 is 0. The number of benzene rings is 2. The van der Waals surface area contributed by atoms with Crippen LogP contribution in [-0.2, 0) is 10.2 Å². The van der Waals surface area contributed by atoms with E-state index in [1.807, 2.05) is 45.0 Å². The van der Waals surface area contributed by atoms with Crippen molar-refractivity contribution in [3.63, 3.8) is 0 Å². The van der Waals surface area contributed by atoms with Crippen molar-refractivity contribution < 1.29 is 14.1 Å². The molecule has 4 aromatic rings. The number of carbonyl (C=O) groups is 1. The van der Waals surface area contributed by atoms with Crippen molar-refractivity contribution in [1.29, 1.82) is 0 Å². The summed E-state index contributed by atoms with van der Waals surface area (Å²) in [7, 11) is 0. The third-order valence-electron chi connectivity index (χ3n) is 6.01. The first-order chi connectivity index (χ1) is 16.1. The first-order valence-corrected chi connectivity index (χ1v) is 11.5. The Hall–Kier alpha value is -3.67. The number of rotatable bonds is 5. The summed E-state index contributed by atoms with van der Waals surface area (Å²) in [6.07, 6.45) is 1.59. The molecule has 6 heteroatoms. The van der Waals surface area contributed by atoms with Gasteiger partial charge in [-0.05, 0) is 68.0 Å². The van der Waals surface area contributed by atoms with E-state index in [2.05, 4.69) is 48.4 Å². The summed E-state index contributed by atoms with van der Waals surface area (Å²) in [6.45, 7) is 14.5. The van der Waals surface area contributed by atoms with Gasteiger partial charge in [-0.1, -0.05) is 44.1 Å². The predicted molar refractivity (Wildman–Crippen MR) is 136 cm³/mol. The number of anilines is 2. The third-order valence-corrected chi connectivity index (χ3v) is 6.01. The summed E-state index contributed by atoms with van der Waals surface area (Å²) in [4.78, 5) is 17.5. The van der Waals surface area contributed by atoms with Gasteiger partial charge in [0.2, 0.25) is 0 Å². The van der Waals surface area contributed by atoms with Crippen LogP contribution in [0.25, 0.3) is 22.0 Å². The number of esters is 1. The molecule has 0 atom stereocenters. The van der Waals surface area contributed by atoms with Crippen molar-refractivity contribution in [3.05, 3.63) is 70.7 Å². The van der Waals surface area contributed by atoms with Gasteiger partial charge in [-0.25, -0.2) is 4.79 Å². The Bertz CT molecular complexity index is 1360. The number of nitrogens with zero attached hydrogens (tertiary/aromatic N) is 2. The molecule has 0 aliphatic rings. The second-order valence-electron chi connectivity index (χ2n) is 9.57. The molecule has 0 bridgehead atoms. The van der Waals surface area contributed by atoms with Gasteiger partial charge in [0, 0.05) is 22.8 Å². The summed E-state index contributed by atoms with van der Waals surface area (Å²) in [6, 6.07) is 12.3. The standard InChI is InChI=1S/C28H31N3O3/c1-8-33-27(32)21-15-29-24-14-19(25-17(3)31-34-18(25)4)16(2)13-20(24)26(21)30-23-12-10-9-11-22(23)28(5,6)7/h9-15H,8H2,1-7H3,(H,29,30). The molecule has 0 saturated heterocycles. The van der Waals surface area contributed by atoms with E-state index < -0.39 is 5.97 Å². The monoisotopic (exact) mass is 457 g/mol. The number of para-hydroxylation sites is 1. The SMILES string of the molecule is CCOC(=O)c1cnc2cc(-c3c(C)noc3C)c(C)cc2c1Nc1ccccc1C(C)(C)C. The number of fused-ring (bicyclic) bond motifs is 1. The van der Waals surface area contributed by atoms with Crippen molar-refractivity contribution in [3.8, 4) is 11.1 Å². The molecule has 176 valence electrons. The van der Waals surface area contributed by atoms with Crippen LogP contribution in [0.4, 0.5) is 11.4 Å². The molecule has 0 saturated carbocycles. The summed E-state index contributed by atoms with van der Waals surface area (Å²) in [5, 5.41) is 8.52. The van der Waals surface area contributed by atoms with Gasteiger partial charge in [-0.15, -0.1) is 0 Å². The molecule has 4 rings (SSSR count). The minimum atomic E-state index is -0.403. The van der Waals surface area contributed by atoms with E-state index in [4.69, 9.17) is 9.26 Å². The van der Waals surface area contributed by atoms with Crippen LogP contribution in [0.2, 0.25) is 0 Å². The number of hydrogen-bond acceptors (Lipinski definition) is 6. The highest BCUT2D eigenvalue weighted by Gasteiger charge is 2.23. The van der Waals surface area contributed by atoms with Crippen LogP contribution in [0.5, 0.6) is 0 Å². The molecule has 0 aliphatic carbocycles. The first kappa shape index (κ1) is 23.5. The zero-order chi connectivity index (χ0) is 24.6. The smallest absolute Gasteiger partial charge is 0.341 e. The van der Waals surface area contributed by atoms with Gasteiger partial charge in [-0.2, -0.15) is 0 Å². The van der Waals surface area contributed by atoms with Crippen molar-refractivity contribution in [1.82, 2.24) is 10.1 Å². The van der Waals surface area contributed by atoms with Crippen LogP contribution in [-0.4, -0.2) is 22.7 Å². The molecule has 0 fully saturated rings. The lowest BCUT2D eigenvalue weighted by Crippen LogP contribution is -2.15. The van der Waals surface area contributed by atoms with E-state index in [-0.39, 0.29) is 5.41 Å². The van der Waals surface area contributed by atoms with Crippen molar-refractivity contribution >= 4 is 28.2 Å². The predicted octanol–water partition coefficient (Wildman–Crippen LogP) is 7.03. The van der Waals surface area contributed by atoms with Gasteiger partial charge >= 0.3 is 5.97 Å². The molecule has 2 aromatic heterocycles. The second kappa shape index (κ2) is 8.93. The lowest BCUT2D eigenvalue weighted by atomic mass is 9.85. The van der Waals surface area contributed by atoms with E-state index in [1.165, 1.54) is 0 Å². The first-order valence-electron chi connectivity index (χ1n) is 11.5. The maximum absolute atomic E-state index is 12.9. The minimum absolute atomic E-state index is 0.0804. The summed E-state index contributed by atoms with van der Waals surface area (Å²) < 4.78 is 10.8. The molecule has 2 aromatic carbocycles. The highest BCUT2D eigenvalue weighted by molar-refractivity contribution is 6.07. The van der Waals surface area contributed by atoms with E-state index in [0.717, 1.165) is 50.3 Å². The Balaban J connectivity index is 1.96. The number of pyridine rings is 1. The zero-order valence-corrected chi connectivity index (χ0v) is 20.9. The Kier molecular flexibility index (Phi) is 6.17. The summed E-state index contributed by atoms with van der Waals surface area (Å²) in [5.74, 6) is 0.362. The quantitative estimate of drug-likeness (QED) is 0.324. The van der Waals surface area contributed by atoms with Crippen LogP contribution in [0.15, 0.2) is 47.1 Å². The number of nitrogens with one attached hydrogen (secondary N) is 1. The van der Waals surface area contributed by atoms with Gasteiger partial charge in [-0.3, -0.25) is 4.98 Å². The number of aromatic nitrogens is 2. The maximum atomic E-state index is 12.9. The number of hydrogen-bond donors (Lipinski definition) is 1. The Morgan fingerprint density at radius 2 is 1.85 bits per heavy atom. The average Bonchev–Trinajstić information content (AvgIpc) is 3.11. The van der Waals surface area contributed by atoms with Crippen molar-refractivity contribution in [2.45, 2.75) is 53.9 Å². The molecular formula is C28H31N3O3. The average molecular weight is 458 g/mol. The third kappa shape index (κ3) is 4.28. The van der Waals surface area contributed by atoms with Crippen LogP contribution >= 0.6 is 0 Å². The largest absolute Gasteiger partial charge is 0.462 e. The highest BCUT2D eigenvalue weighted by Crippen LogP contribution is 2.38. The maximum Gasteiger partial charge on any atom is 0.341 e. The van der Waals surface area contributed by atoms with Gasteiger partial charge in [0.25, 0.3) is 0 Å².